The minimum absolute atomic E-state index is 0.0567. The molecule has 0 aliphatic carbocycles. The van der Waals surface area contributed by atoms with Crippen LogP contribution in [0.1, 0.15) is 17.0 Å². The molecular weight excluding hydrogens is 262 g/mol. The summed E-state index contributed by atoms with van der Waals surface area (Å²) in [5.74, 6) is 0.0567. The van der Waals surface area contributed by atoms with Gasteiger partial charge in [0.1, 0.15) is 5.65 Å². The maximum atomic E-state index is 12.5. The molecule has 0 aliphatic heterocycles. The van der Waals surface area contributed by atoms with Gasteiger partial charge in [-0.1, -0.05) is 18.2 Å². The highest BCUT2D eigenvalue weighted by molar-refractivity contribution is 5.79. The molecule has 0 fully saturated rings. The maximum Gasteiger partial charge on any atom is 0.229 e. The van der Waals surface area contributed by atoms with Crippen molar-refractivity contribution in [2.24, 2.45) is 0 Å². The summed E-state index contributed by atoms with van der Waals surface area (Å²) in [6.07, 6.45) is 5.74. The number of carbonyl (C=O) groups is 1. The van der Waals surface area contributed by atoms with E-state index in [1.165, 1.54) is 0 Å². The molecule has 110 valence electrons. The number of amides is 1. The number of aryl methyl sites for hydroxylation is 2. The summed E-state index contributed by atoms with van der Waals surface area (Å²) in [4.78, 5) is 18.8. The van der Waals surface area contributed by atoms with Gasteiger partial charge in [-0.05, 0) is 25.5 Å². The summed E-state index contributed by atoms with van der Waals surface area (Å²) in [6, 6.07) is 4.00. The summed E-state index contributed by atoms with van der Waals surface area (Å²) in [7, 11) is 0. The van der Waals surface area contributed by atoms with Crippen molar-refractivity contribution >= 4 is 11.6 Å². The van der Waals surface area contributed by atoms with Crippen molar-refractivity contribution in [3.63, 3.8) is 0 Å². The van der Waals surface area contributed by atoms with Gasteiger partial charge in [0.2, 0.25) is 5.91 Å². The van der Waals surface area contributed by atoms with Gasteiger partial charge in [0.25, 0.3) is 0 Å². The number of aromatic nitrogens is 2. The molecule has 2 aromatic heterocycles. The second-order valence-electron chi connectivity index (χ2n) is 5.08. The van der Waals surface area contributed by atoms with Crippen LogP contribution in [0.2, 0.25) is 0 Å². The second kappa shape index (κ2) is 6.39. The summed E-state index contributed by atoms with van der Waals surface area (Å²) in [5.41, 5.74) is 3.86. The first kappa shape index (κ1) is 15.0. The molecule has 4 nitrogen and oxygen atoms in total. The highest BCUT2D eigenvalue weighted by Gasteiger charge is 2.17. The number of fused-ring (bicyclic) bond motifs is 1. The van der Waals surface area contributed by atoms with Crippen molar-refractivity contribution in [3.05, 3.63) is 60.6 Å². The highest BCUT2D eigenvalue weighted by atomic mass is 16.2. The Morgan fingerprint density at radius 2 is 2.00 bits per heavy atom. The van der Waals surface area contributed by atoms with E-state index in [1.54, 1.807) is 17.1 Å². The van der Waals surface area contributed by atoms with Crippen molar-refractivity contribution in [1.82, 2.24) is 14.3 Å². The molecule has 0 N–H and O–H groups in total. The second-order valence-corrected chi connectivity index (χ2v) is 5.08. The first-order valence-corrected chi connectivity index (χ1v) is 7.01. The lowest BCUT2D eigenvalue weighted by Gasteiger charge is -2.19. The lowest BCUT2D eigenvalue weighted by atomic mass is 10.2. The highest BCUT2D eigenvalue weighted by Crippen LogP contribution is 2.16. The Bertz CT molecular complexity index is 675. The largest absolute Gasteiger partial charge is 0.335 e. The van der Waals surface area contributed by atoms with Crippen LogP contribution in [0.4, 0.5) is 0 Å². The van der Waals surface area contributed by atoms with Crippen molar-refractivity contribution in [1.29, 1.82) is 0 Å². The van der Waals surface area contributed by atoms with Gasteiger partial charge < -0.3 is 9.30 Å². The van der Waals surface area contributed by atoms with Gasteiger partial charge in [-0.2, -0.15) is 0 Å². The molecule has 0 bridgehead atoms. The molecular formula is C17H21N3O. The van der Waals surface area contributed by atoms with E-state index in [9.17, 15) is 4.79 Å². The predicted molar refractivity (Wildman–Crippen MR) is 85.3 cm³/mol. The molecule has 0 spiro atoms. The zero-order chi connectivity index (χ0) is 15.4. The molecule has 2 rings (SSSR count). The third-order valence-corrected chi connectivity index (χ3v) is 3.51. The fraction of sp³-hybridized carbons (Fsp3) is 0.294. The maximum absolute atomic E-state index is 12.5. The number of imidazole rings is 1. The monoisotopic (exact) mass is 283 g/mol. The van der Waals surface area contributed by atoms with E-state index in [4.69, 9.17) is 0 Å². The molecule has 0 atom stereocenters. The van der Waals surface area contributed by atoms with Gasteiger partial charge in [0, 0.05) is 19.3 Å². The van der Waals surface area contributed by atoms with Crippen molar-refractivity contribution in [2.75, 3.05) is 13.1 Å². The molecule has 4 heteroatoms. The Hall–Kier alpha value is -2.36. The minimum Gasteiger partial charge on any atom is -0.335 e. The minimum atomic E-state index is 0.0567. The number of hydrogen-bond acceptors (Lipinski definition) is 2. The van der Waals surface area contributed by atoms with E-state index in [0.29, 0.717) is 19.5 Å². The average Bonchev–Trinajstić information content (AvgIpc) is 2.77. The van der Waals surface area contributed by atoms with Gasteiger partial charge >= 0.3 is 0 Å². The average molecular weight is 283 g/mol. The molecule has 0 aromatic carbocycles. The van der Waals surface area contributed by atoms with Crippen LogP contribution < -0.4 is 0 Å². The van der Waals surface area contributed by atoms with Gasteiger partial charge in [-0.3, -0.25) is 4.79 Å². The summed E-state index contributed by atoms with van der Waals surface area (Å²) >= 11 is 0. The molecule has 0 unspecified atom stereocenters. The fourth-order valence-corrected chi connectivity index (χ4v) is 2.42. The molecule has 2 aromatic rings. The van der Waals surface area contributed by atoms with Crippen molar-refractivity contribution < 1.29 is 4.79 Å². The lowest BCUT2D eigenvalue weighted by molar-refractivity contribution is -0.129. The van der Waals surface area contributed by atoms with Crippen LogP contribution in [0.5, 0.6) is 0 Å². The van der Waals surface area contributed by atoms with E-state index in [1.807, 2.05) is 36.6 Å². The van der Waals surface area contributed by atoms with E-state index in [-0.39, 0.29) is 5.91 Å². The Morgan fingerprint density at radius 1 is 1.33 bits per heavy atom. The van der Waals surface area contributed by atoms with Crippen LogP contribution in [-0.4, -0.2) is 33.3 Å². The van der Waals surface area contributed by atoms with Crippen LogP contribution >= 0.6 is 0 Å². The first-order chi connectivity index (χ1) is 10.1. The lowest BCUT2D eigenvalue weighted by Crippen LogP contribution is -2.33. The van der Waals surface area contributed by atoms with Crippen molar-refractivity contribution in [2.45, 2.75) is 20.3 Å². The van der Waals surface area contributed by atoms with Gasteiger partial charge in [0.15, 0.2) is 0 Å². The molecule has 1 amide bonds. The summed E-state index contributed by atoms with van der Waals surface area (Å²) in [6.45, 7) is 12.4. The number of carbonyl (C=O) groups excluding carboxylic acids is 1. The van der Waals surface area contributed by atoms with Crippen LogP contribution in [-0.2, 0) is 11.2 Å². The smallest absolute Gasteiger partial charge is 0.229 e. The Morgan fingerprint density at radius 3 is 2.62 bits per heavy atom. The van der Waals surface area contributed by atoms with Gasteiger partial charge in [-0.25, -0.2) is 4.98 Å². The van der Waals surface area contributed by atoms with E-state index in [0.717, 1.165) is 22.6 Å². The Kier molecular flexibility index (Phi) is 4.58. The Balaban J connectivity index is 2.32. The molecule has 21 heavy (non-hydrogen) atoms. The summed E-state index contributed by atoms with van der Waals surface area (Å²) < 4.78 is 2.00. The standard InChI is InChI=1S/C17H21N3O/c1-5-9-19(10-6-2)16(21)12-15-14(4)18-17-13(3)8-7-11-20(15)17/h5-8,11H,1-2,9-10,12H2,3-4H3. The van der Waals surface area contributed by atoms with Crippen molar-refractivity contribution in [3.8, 4) is 0 Å². The zero-order valence-corrected chi connectivity index (χ0v) is 12.7. The first-order valence-electron chi connectivity index (χ1n) is 7.01. The number of rotatable bonds is 6. The number of hydrogen-bond donors (Lipinski definition) is 0. The van der Waals surface area contributed by atoms with Gasteiger partial charge in [-0.15, -0.1) is 13.2 Å². The molecule has 0 aliphatic rings. The van der Waals surface area contributed by atoms with Crippen LogP contribution in [0, 0.1) is 13.8 Å². The third kappa shape index (κ3) is 3.05. The van der Waals surface area contributed by atoms with E-state index >= 15 is 0 Å². The Labute approximate surface area is 125 Å². The molecule has 0 saturated carbocycles. The van der Waals surface area contributed by atoms with Gasteiger partial charge in [0.05, 0.1) is 17.8 Å². The molecule has 0 radical (unpaired) electrons. The summed E-state index contributed by atoms with van der Waals surface area (Å²) in [5, 5.41) is 0. The fourth-order valence-electron chi connectivity index (χ4n) is 2.42. The van der Waals surface area contributed by atoms with Crippen LogP contribution in [0.25, 0.3) is 5.65 Å². The normalized spacial score (nSPS) is 10.6. The zero-order valence-electron chi connectivity index (χ0n) is 12.7. The quantitative estimate of drug-likeness (QED) is 0.764. The van der Waals surface area contributed by atoms with E-state index < -0.39 is 0 Å². The topological polar surface area (TPSA) is 37.6 Å². The third-order valence-electron chi connectivity index (χ3n) is 3.51. The van der Waals surface area contributed by atoms with Crippen LogP contribution in [0.15, 0.2) is 43.6 Å². The van der Waals surface area contributed by atoms with Crippen LogP contribution in [0.3, 0.4) is 0 Å². The predicted octanol–water partition coefficient (Wildman–Crippen LogP) is 2.69. The number of nitrogens with zero attached hydrogens (tertiary/aromatic N) is 3. The molecule has 2 heterocycles. The van der Waals surface area contributed by atoms with E-state index in [2.05, 4.69) is 18.1 Å². The molecule has 0 saturated heterocycles. The number of pyridine rings is 1. The SMILES string of the molecule is C=CCN(CC=C)C(=O)Cc1c(C)nc2c(C)cccn12.